The van der Waals surface area contributed by atoms with Gasteiger partial charge in [0.15, 0.2) is 11.7 Å². The molecule has 13 heteroatoms. The average Bonchev–Trinajstić information content (AvgIpc) is 3.40. The van der Waals surface area contributed by atoms with Gasteiger partial charge < -0.3 is 15.4 Å². The van der Waals surface area contributed by atoms with E-state index in [4.69, 9.17) is 16.3 Å². The minimum atomic E-state index is -4.63. The number of thiophene rings is 1. The number of halogens is 5. The molecule has 0 saturated carbocycles. The summed E-state index contributed by atoms with van der Waals surface area (Å²) in [5, 5.41) is 9.77. The Labute approximate surface area is 233 Å². The zero-order valence-corrected chi connectivity index (χ0v) is 23.3. The molecule has 0 saturated heterocycles. The Morgan fingerprint density at radius 3 is 2.66 bits per heavy atom. The number of anilines is 2. The third kappa shape index (κ3) is 5.05. The minimum Gasteiger partial charge on any atom is -0.462 e. The van der Waals surface area contributed by atoms with Gasteiger partial charge in [0.1, 0.15) is 15.8 Å². The second-order valence-electron chi connectivity index (χ2n) is 9.09. The molecule has 0 unspecified atom stereocenters. The van der Waals surface area contributed by atoms with Crippen molar-refractivity contribution < 1.29 is 27.5 Å². The van der Waals surface area contributed by atoms with Crippen LogP contribution in [0.4, 0.5) is 24.0 Å². The standard InChI is InChI=1S/C25H23BrClF3N4O3S/c1-2-37-24(36)18-14-5-3-4-6-16(14)38-23(18)32-22(35)20-19(27)21-31-15(12-7-9-13(26)10-8-12)11-17(25(28,29)30)34(21)33-20/h7-10,15,17,31H,2-6,11H2,1H3,(H,32,35)/t15-,17+/m0/s1. The zero-order valence-electron chi connectivity index (χ0n) is 20.1. The van der Waals surface area contributed by atoms with E-state index in [0.717, 1.165) is 38.9 Å². The normalized spacial score (nSPS) is 18.8. The predicted molar refractivity (Wildman–Crippen MR) is 142 cm³/mol. The van der Waals surface area contributed by atoms with Crippen LogP contribution in [0.3, 0.4) is 0 Å². The molecule has 1 aliphatic carbocycles. The first-order valence-corrected chi connectivity index (χ1v) is 14.1. The highest BCUT2D eigenvalue weighted by atomic mass is 79.9. The van der Waals surface area contributed by atoms with Gasteiger partial charge >= 0.3 is 12.1 Å². The number of carbonyl (C=O) groups is 2. The van der Waals surface area contributed by atoms with E-state index in [1.54, 1.807) is 31.2 Å². The molecule has 2 N–H and O–H groups in total. The Morgan fingerprint density at radius 2 is 1.97 bits per heavy atom. The summed E-state index contributed by atoms with van der Waals surface area (Å²) in [5.74, 6) is -1.44. The summed E-state index contributed by atoms with van der Waals surface area (Å²) in [6.07, 6.45) is -1.63. The Hall–Kier alpha value is -2.57. The highest BCUT2D eigenvalue weighted by molar-refractivity contribution is 9.10. The number of rotatable bonds is 5. The number of hydrogen-bond donors (Lipinski definition) is 2. The summed E-state index contributed by atoms with van der Waals surface area (Å²) in [6.45, 7) is 1.86. The quantitative estimate of drug-likeness (QED) is 0.288. The largest absolute Gasteiger partial charge is 0.462 e. The van der Waals surface area contributed by atoms with Crippen molar-refractivity contribution in [3.63, 3.8) is 0 Å². The molecule has 1 aromatic carbocycles. The molecule has 2 aliphatic rings. The maximum absolute atomic E-state index is 14.1. The van der Waals surface area contributed by atoms with Gasteiger partial charge in [-0.05, 0) is 55.9 Å². The van der Waals surface area contributed by atoms with Crippen molar-refractivity contribution in [2.75, 3.05) is 17.2 Å². The van der Waals surface area contributed by atoms with E-state index in [0.29, 0.717) is 17.5 Å². The first-order valence-electron chi connectivity index (χ1n) is 12.1. The van der Waals surface area contributed by atoms with Crippen LogP contribution in [0, 0.1) is 0 Å². The van der Waals surface area contributed by atoms with Crippen molar-refractivity contribution in [1.82, 2.24) is 9.78 Å². The number of aromatic nitrogens is 2. The lowest BCUT2D eigenvalue weighted by molar-refractivity contribution is -0.173. The van der Waals surface area contributed by atoms with Gasteiger partial charge in [-0.2, -0.15) is 18.3 Å². The smallest absolute Gasteiger partial charge is 0.410 e. The highest BCUT2D eigenvalue weighted by Gasteiger charge is 2.48. The average molecular weight is 632 g/mol. The first kappa shape index (κ1) is 27.0. The van der Waals surface area contributed by atoms with Crippen molar-refractivity contribution >= 4 is 61.6 Å². The zero-order chi connectivity index (χ0) is 27.2. The lowest BCUT2D eigenvalue weighted by Crippen LogP contribution is -2.35. The molecule has 2 atom stereocenters. The van der Waals surface area contributed by atoms with Crippen LogP contribution in [0.5, 0.6) is 0 Å². The highest BCUT2D eigenvalue weighted by Crippen LogP contribution is 2.46. The summed E-state index contributed by atoms with van der Waals surface area (Å²) < 4.78 is 49.1. The Bertz CT molecular complexity index is 1390. The van der Waals surface area contributed by atoms with Gasteiger partial charge in [-0.25, -0.2) is 9.48 Å². The summed E-state index contributed by atoms with van der Waals surface area (Å²) in [5.41, 5.74) is 1.42. The number of aryl methyl sites for hydroxylation is 1. The third-order valence-electron chi connectivity index (χ3n) is 6.66. The number of benzene rings is 1. The van der Waals surface area contributed by atoms with Crippen molar-refractivity contribution in [3.8, 4) is 0 Å². The number of fused-ring (bicyclic) bond motifs is 2. The molecule has 0 radical (unpaired) electrons. The molecule has 202 valence electrons. The maximum Gasteiger partial charge on any atom is 0.410 e. The third-order valence-corrected chi connectivity index (χ3v) is 8.75. The van der Waals surface area contributed by atoms with Gasteiger partial charge in [0.05, 0.1) is 18.2 Å². The lowest BCUT2D eigenvalue weighted by atomic mass is 9.95. The second-order valence-corrected chi connectivity index (χ2v) is 11.5. The van der Waals surface area contributed by atoms with Crippen LogP contribution in [-0.4, -0.2) is 34.4 Å². The number of ether oxygens (including phenoxy) is 1. The van der Waals surface area contributed by atoms with Crippen molar-refractivity contribution in [1.29, 1.82) is 0 Å². The van der Waals surface area contributed by atoms with Crippen molar-refractivity contribution in [3.05, 3.63) is 61.0 Å². The summed E-state index contributed by atoms with van der Waals surface area (Å²) in [4.78, 5) is 27.0. The van der Waals surface area contributed by atoms with Gasteiger partial charge in [-0.15, -0.1) is 11.3 Å². The number of nitrogens with zero attached hydrogens (tertiary/aromatic N) is 2. The topological polar surface area (TPSA) is 85.2 Å². The second kappa shape index (κ2) is 10.5. The summed E-state index contributed by atoms with van der Waals surface area (Å²) >= 11 is 11.1. The van der Waals surface area contributed by atoms with E-state index >= 15 is 0 Å². The molecule has 0 fully saturated rings. The number of carbonyl (C=O) groups excluding carboxylic acids is 2. The molecule has 0 bridgehead atoms. The maximum atomic E-state index is 14.1. The summed E-state index contributed by atoms with van der Waals surface area (Å²) in [7, 11) is 0. The van der Waals surface area contributed by atoms with Gasteiger partial charge in [0.25, 0.3) is 5.91 Å². The minimum absolute atomic E-state index is 0.0885. The van der Waals surface area contributed by atoms with Gasteiger partial charge in [-0.1, -0.05) is 39.7 Å². The van der Waals surface area contributed by atoms with Crippen molar-refractivity contribution in [2.45, 2.75) is 57.3 Å². The molecule has 3 heterocycles. The molecule has 1 aliphatic heterocycles. The van der Waals surface area contributed by atoms with Crippen LogP contribution in [-0.2, 0) is 17.6 Å². The van der Waals surface area contributed by atoms with Crippen LogP contribution < -0.4 is 10.6 Å². The number of esters is 1. The van der Waals surface area contributed by atoms with E-state index in [1.165, 1.54) is 11.3 Å². The number of amides is 1. The van der Waals surface area contributed by atoms with Crippen LogP contribution in [0.25, 0.3) is 0 Å². The fraction of sp³-hybridized carbons (Fsp3) is 0.400. The van der Waals surface area contributed by atoms with Gasteiger partial charge in [0, 0.05) is 15.8 Å². The molecule has 5 rings (SSSR count). The Morgan fingerprint density at radius 1 is 1.26 bits per heavy atom. The van der Waals surface area contributed by atoms with Crippen molar-refractivity contribution in [2.24, 2.45) is 0 Å². The molecule has 7 nitrogen and oxygen atoms in total. The van der Waals surface area contributed by atoms with Crippen LogP contribution in [0.2, 0.25) is 5.02 Å². The molecule has 2 aromatic heterocycles. The van der Waals surface area contributed by atoms with E-state index in [-0.39, 0.29) is 34.6 Å². The van der Waals surface area contributed by atoms with E-state index in [9.17, 15) is 22.8 Å². The number of hydrogen-bond acceptors (Lipinski definition) is 6. The number of nitrogens with one attached hydrogen (secondary N) is 2. The van der Waals surface area contributed by atoms with Gasteiger partial charge in [0.2, 0.25) is 0 Å². The lowest BCUT2D eigenvalue weighted by Gasteiger charge is -2.33. The monoisotopic (exact) mass is 630 g/mol. The molecule has 38 heavy (non-hydrogen) atoms. The van der Waals surface area contributed by atoms with E-state index in [2.05, 4.69) is 31.7 Å². The molecular formula is C25H23BrClF3N4O3S. The predicted octanol–water partition coefficient (Wildman–Crippen LogP) is 7.33. The van der Waals surface area contributed by atoms with E-state index < -0.39 is 30.1 Å². The molecule has 0 spiro atoms. The molecule has 3 aromatic rings. The Kier molecular flexibility index (Phi) is 7.49. The molecule has 1 amide bonds. The SMILES string of the molecule is CCOC(=O)c1c(NC(=O)c2nn3c(c2Cl)N[C@H](c2ccc(Br)cc2)C[C@@H]3C(F)(F)F)sc2c1CCCC2. The first-order chi connectivity index (χ1) is 18.1. The van der Waals surface area contributed by atoms with Crippen LogP contribution >= 0.6 is 38.9 Å². The molecular weight excluding hydrogens is 609 g/mol. The van der Waals surface area contributed by atoms with Crippen LogP contribution in [0.1, 0.15) is 75.1 Å². The Balaban J connectivity index is 1.49. The fourth-order valence-corrected chi connectivity index (χ4v) is 6.69. The summed E-state index contributed by atoms with van der Waals surface area (Å²) in [6, 6.07) is 4.24. The van der Waals surface area contributed by atoms with Crippen LogP contribution in [0.15, 0.2) is 28.7 Å². The fourth-order valence-electron chi connectivity index (χ4n) is 4.88. The van der Waals surface area contributed by atoms with E-state index in [1.807, 2.05) is 0 Å². The number of alkyl halides is 3. The van der Waals surface area contributed by atoms with Gasteiger partial charge in [-0.3, -0.25) is 4.79 Å².